The fourth-order valence-corrected chi connectivity index (χ4v) is 5.37. The minimum absolute atomic E-state index is 0.273. The molecule has 43 heavy (non-hydrogen) atoms. The van der Waals surface area contributed by atoms with Crippen molar-refractivity contribution in [3.05, 3.63) is 136 Å². The smallest absolute Gasteiger partial charge is 0.267 e. The van der Waals surface area contributed by atoms with E-state index in [1.165, 1.54) is 0 Å². The summed E-state index contributed by atoms with van der Waals surface area (Å²) < 4.78 is 3.12. The number of nitrogens with one attached hydrogen (secondary N) is 2. The SMILES string of the molecule is Cc1nn2cccnc2c1C(=O)N[C@H](C)c1nc2cccc(C#Cc3c[nH]c4ccccc34)c2c(=O)n1-c1ccccc1. The van der Waals surface area contributed by atoms with E-state index >= 15 is 0 Å². The maximum atomic E-state index is 14.3. The fraction of sp³-hybridized carbons (Fsp3) is 0.0882. The zero-order valence-corrected chi connectivity index (χ0v) is 23.4. The highest BCUT2D eigenvalue weighted by Gasteiger charge is 2.24. The highest BCUT2D eigenvalue weighted by atomic mass is 16.2. The van der Waals surface area contributed by atoms with Crippen LogP contribution < -0.4 is 10.9 Å². The van der Waals surface area contributed by atoms with Crippen LogP contribution in [0.3, 0.4) is 0 Å². The average Bonchev–Trinajstić information content (AvgIpc) is 3.60. The molecule has 0 aliphatic heterocycles. The monoisotopic (exact) mass is 563 g/mol. The van der Waals surface area contributed by atoms with E-state index in [0.29, 0.717) is 44.9 Å². The molecule has 3 aromatic carbocycles. The van der Waals surface area contributed by atoms with Crippen LogP contribution in [0.5, 0.6) is 0 Å². The van der Waals surface area contributed by atoms with Gasteiger partial charge in [0.05, 0.1) is 33.9 Å². The molecule has 4 aromatic heterocycles. The molecule has 1 amide bonds. The van der Waals surface area contributed by atoms with Crippen LogP contribution in [0.25, 0.3) is 33.1 Å². The van der Waals surface area contributed by atoms with Gasteiger partial charge in [0.2, 0.25) is 0 Å². The molecular formula is C34H25N7O2. The highest BCUT2D eigenvalue weighted by Crippen LogP contribution is 2.22. The van der Waals surface area contributed by atoms with Gasteiger partial charge in [-0.25, -0.2) is 14.5 Å². The Morgan fingerprint density at radius 1 is 0.953 bits per heavy atom. The normalized spacial score (nSPS) is 11.9. The lowest BCUT2D eigenvalue weighted by atomic mass is 10.1. The second-order valence-corrected chi connectivity index (χ2v) is 10.2. The lowest BCUT2D eigenvalue weighted by Gasteiger charge is -2.20. The second-order valence-electron chi connectivity index (χ2n) is 10.2. The van der Waals surface area contributed by atoms with E-state index in [2.05, 4.69) is 32.2 Å². The minimum Gasteiger partial charge on any atom is -0.360 e. The number of carbonyl (C=O) groups excluding carboxylic acids is 1. The first-order valence-electron chi connectivity index (χ1n) is 13.8. The zero-order valence-electron chi connectivity index (χ0n) is 23.4. The summed E-state index contributed by atoms with van der Waals surface area (Å²) >= 11 is 0. The summed E-state index contributed by atoms with van der Waals surface area (Å²) in [4.78, 5) is 40.3. The van der Waals surface area contributed by atoms with Crippen LogP contribution in [0.4, 0.5) is 0 Å². The molecule has 9 heteroatoms. The molecule has 0 saturated heterocycles. The Labute approximate surface area is 245 Å². The standard InChI is InChI=1S/C34H25N7O2/c1-21-29(32-35-18-9-19-40(32)39-21)33(42)37-22(2)31-38-28-15-8-10-23(16-17-24-20-36-27-14-7-6-13-26(24)27)30(28)34(43)41(31)25-11-4-3-5-12-25/h3-15,18-20,22,36H,1-2H3,(H,37,42)/t22-/m1/s1. The van der Waals surface area contributed by atoms with Crippen LogP contribution in [0.15, 0.2) is 102 Å². The van der Waals surface area contributed by atoms with Gasteiger partial charge in [-0.05, 0) is 50.2 Å². The Hall–Kier alpha value is -6.01. The number of hydrogen-bond acceptors (Lipinski definition) is 5. The van der Waals surface area contributed by atoms with Crippen molar-refractivity contribution in [2.75, 3.05) is 0 Å². The maximum Gasteiger partial charge on any atom is 0.267 e. The predicted octanol–water partition coefficient (Wildman–Crippen LogP) is 5.11. The quantitative estimate of drug-likeness (QED) is 0.289. The summed E-state index contributed by atoms with van der Waals surface area (Å²) in [5.41, 5.74) is 4.63. The van der Waals surface area contributed by atoms with Crippen molar-refractivity contribution in [3.8, 4) is 17.5 Å². The zero-order chi connectivity index (χ0) is 29.5. The van der Waals surface area contributed by atoms with Crippen molar-refractivity contribution in [3.63, 3.8) is 0 Å². The number of aromatic nitrogens is 6. The van der Waals surface area contributed by atoms with Gasteiger partial charge in [-0.2, -0.15) is 5.10 Å². The van der Waals surface area contributed by atoms with Crippen LogP contribution in [-0.2, 0) is 0 Å². The maximum absolute atomic E-state index is 14.3. The molecular weight excluding hydrogens is 538 g/mol. The molecule has 0 spiro atoms. The summed E-state index contributed by atoms with van der Waals surface area (Å²) in [5.74, 6) is 6.48. The predicted molar refractivity (Wildman–Crippen MR) is 165 cm³/mol. The number of benzene rings is 3. The number of para-hydroxylation sites is 2. The Morgan fingerprint density at radius 3 is 2.60 bits per heavy atom. The number of hydrogen-bond donors (Lipinski definition) is 2. The summed E-state index contributed by atoms with van der Waals surface area (Å²) in [5, 5.41) is 8.85. The number of carbonyl (C=O) groups is 1. The molecule has 2 N–H and O–H groups in total. The van der Waals surface area contributed by atoms with Gasteiger partial charge in [0.25, 0.3) is 11.5 Å². The lowest BCUT2D eigenvalue weighted by Crippen LogP contribution is -2.33. The summed E-state index contributed by atoms with van der Waals surface area (Å²) in [7, 11) is 0. The highest BCUT2D eigenvalue weighted by molar-refractivity contribution is 6.01. The van der Waals surface area contributed by atoms with E-state index in [9.17, 15) is 9.59 Å². The number of aryl methyl sites for hydroxylation is 1. The number of fused-ring (bicyclic) bond motifs is 3. The molecule has 0 aliphatic carbocycles. The third kappa shape index (κ3) is 4.51. The van der Waals surface area contributed by atoms with Gasteiger partial charge in [-0.15, -0.1) is 0 Å². The molecule has 7 aromatic rings. The molecule has 0 unspecified atom stereocenters. The minimum atomic E-state index is -0.635. The summed E-state index contributed by atoms with van der Waals surface area (Å²) in [6.07, 6.45) is 5.23. The average molecular weight is 564 g/mol. The van der Waals surface area contributed by atoms with E-state index in [1.807, 2.05) is 72.9 Å². The number of aromatic amines is 1. The third-order valence-electron chi connectivity index (χ3n) is 7.39. The van der Waals surface area contributed by atoms with Gasteiger partial charge in [0.15, 0.2) is 5.65 Å². The van der Waals surface area contributed by atoms with Gasteiger partial charge in [-0.1, -0.05) is 54.3 Å². The molecule has 208 valence electrons. The second kappa shape index (κ2) is 10.4. The van der Waals surface area contributed by atoms with Crippen LogP contribution >= 0.6 is 0 Å². The van der Waals surface area contributed by atoms with Crippen molar-refractivity contribution in [2.24, 2.45) is 0 Å². The first-order chi connectivity index (χ1) is 21.0. The third-order valence-corrected chi connectivity index (χ3v) is 7.39. The van der Waals surface area contributed by atoms with Gasteiger partial charge in [0.1, 0.15) is 11.4 Å². The Bertz CT molecular complexity index is 2300. The number of H-pyrrole nitrogens is 1. The van der Waals surface area contributed by atoms with Crippen molar-refractivity contribution >= 4 is 33.4 Å². The van der Waals surface area contributed by atoms with Crippen LogP contribution in [0, 0.1) is 18.8 Å². The van der Waals surface area contributed by atoms with Crippen molar-refractivity contribution in [1.82, 2.24) is 34.4 Å². The molecule has 0 fully saturated rings. The van der Waals surface area contributed by atoms with Gasteiger partial charge in [-0.3, -0.25) is 14.2 Å². The molecule has 0 saturated carbocycles. The van der Waals surface area contributed by atoms with Gasteiger partial charge < -0.3 is 10.3 Å². The van der Waals surface area contributed by atoms with Crippen molar-refractivity contribution in [2.45, 2.75) is 19.9 Å². The van der Waals surface area contributed by atoms with Crippen LogP contribution in [0.2, 0.25) is 0 Å². The first-order valence-corrected chi connectivity index (χ1v) is 13.8. The number of amides is 1. The summed E-state index contributed by atoms with van der Waals surface area (Å²) in [6.45, 7) is 3.57. The fourth-order valence-electron chi connectivity index (χ4n) is 5.37. The van der Waals surface area contributed by atoms with Crippen LogP contribution in [0.1, 0.15) is 46.0 Å². The molecule has 0 bridgehead atoms. The number of nitrogens with zero attached hydrogens (tertiary/aromatic N) is 5. The first kappa shape index (κ1) is 25.9. The molecule has 9 nitrogen and oxygen atoms in total. The topological polar surface area (TPSA) is 110 Å². The van der Waals surface area contributed by atoms with Crippen molar-refractivity contribution in [1.29, 1.82) is 0 Å². The van der Waals surface area contributed by atoms with E-state index < -0.39 is 6.04 Å². The van der Waals surface area contributed by atoms with E-state index in [4.69, 9.17) is 4.98 Å². The number of rotatable bonds is 4. The van der Waals surface area contributed by atoms with Crippen LogP contribution in [-0.4, -0.2) is 35.0 Å². The van der Waals surface area contributed by atoms with E-state index in [1.54, 1.807) is 47.5 Å². The molecule has 0 aliphatic rings. The molecule has 1 atom stereocenters. The molecule has 7 rings (SSSR count). The van der Waals surface area contributed by atoms with E-state index in [-0.39, 0.29) is 11.5 Å². The van der Waals surface area contributed by atoms with Crippen molar-refractivity contribution < 1.29 is 4.79 Å². The Balaban J connectivity index is 1.35. The largest absolute Gasteiger partial charge is 0.360 e. The summed E-state index contributed by atoms with van der Waals surface area (Å²) in [6, 6.07) is 23.8. The molecule has 0 radical (unpaired) electrons. The lowest BCUT2D eigenvalue weighted by molar-refractivity contribution is 0.0938. The van der Waals surface area contributed by atoms with E-state index in [0.717, 1.165) is 16.5 Å². The Kier molecular flexibility index (Phi) is 6.29. The van der Waals surface area contributed by atoms with Gasteiger partial charge in [0, 0.05) is 35.1 Å². The molecule has 4 heterocycles. The Morgan fingerprint density at radius 2 is 1.74 bits per heavy atom. The van der Waals surface area contributed by atoms with Gasteiger partial charge >= 0.3 is 0 Å².